The zero-order valence-electron chi connectivity index (χ0n) is 21.0. The molecular weight excluding hydrogens is 428 g/mol. The minimum atomic E-state index is -0.451. The summed E-state index contributed by atoms with van der Waals surface area (Å²) in [6, 6.07) is 9.60. The quantitative estimate of drug-likeness (QED) is 0.197. The summed E-state index contributed by atoms with van der Waals surface area (Å²) in [7, 11) is 0. The van der Waals surface area contributed by atoms with E-state index in [0.717, 1.165) is 25.2 Å². The van der Waals surface area contributed by atoms with Gasteiger partial charge in [-0.2, -0.15) is 0 Å². The Hall–Kier alpha value is -2.99. The summed E-state index contributed by atoms with van der Waals surface area (Å²) < 4.78 is 6.24. The first-order valence-corrected chi connectivity index (χ1v) is 12.1. The van der Waals surface area contributed by atoms with E-state index in [1.165, 1.54) is 35.4 Å². The average molecular weight is 467 g/mol. The third kappa shape index (κ3) is 6.54. The maximum absolute atomic E-state index is 13.4. The fraction of sp³-hybridized carbons (Fsp3) is 0.464. The van der Waals surface area contributed by atoms with Gasteiger partial charge in [0.15, 0.2) is 0 Å². The van der Waals surface area contributed by atoms with Crippen molar-refractivity contribution in [2.75, 3.05) is 16.9 Å². The van der Waals surface area contributed by atoms with E-state index in [0.29, 0.717) is 22.6 Å². The molecule has 3 N–H and O–H groups in total. The molecule has 1 aliphatic rings. The molecule has 0 aliphatic carbocycles. The molecule has 0 aromatic heterocycles. The molecule has 34 heavy (non-hydrogen) atoms. The van der Waals surface area contributed by atoms with E-state index in [4.69, 9.17) is 4.74 Å². The van der Waals surface area contributed by atoms with Crippen molar-refractivity contribution >= 4 is 23.0 Å². The Morgan fingerprint density at radius 1 is 1.21 bits per heavy atom. The van der Waals surface area contributed by atoms with Crippen molar-refractivity contribution in [3.63, 3.8) is 0 Å². The van der Waals surface area contributed by atoms with E-state index >= 15 is 0 Å². The number of para-hydroxylation sites is 1. The Labute approximate surface area is 203 Å². The fourth-order valence-corrected chi connectivity index (χ4v) is 4.09. The predicted molar refractivity (Wildman–Crippen MR) is 138 cm³/mol. The number of rotatable bonds is 10. The van der Waals surface area contributed by atoms with Crippen LogP contribution in [0.5, 0.6) is 11.5 Å². The molecule has 0 fully saturated rings. The summed E-state index contributed by atoms with van der Waals surface area (Å²) >= 11 is 0. The van der Waals surface area contributed by atoms with E-state index in [1.807, 2.05) is 13.8 Å². The van der Waals surface area contributed by atoms with Crippen LogP contribution in [0.4, 0.5) is 17.1 Å². The van der Waals surface area contributed by atoms with Crippen molar-refractivity contribution in [3.05, 3.63) is 53.6 Å². The van der Waals surface area contributed by atoms with Gasteiger partial charge in [0.1, 0.15) is 18.2 Å². The number of amides is 1. The minimum absolute atomic E-state index is 0.0106. The van der Waals surface area contributed by atoms with Gasteiger partial charge in [0.25, 0.3) is 5.91 Å². The number of aromatic hydroxyl groups is 2. The molecular formula is C28H38N2O4. The number of allylic oxidation sites excluding steroid dienone is 2. The van der Waals surface area contributed by atoms with E-state index < -0.39 is 5.60 Å². The van der Waals surface area contributed by atoms with E-state index in [-0.39, 0.29) is 24.1 Å². The van der Waals surface area contributed by atoms with Crippen LogP contribution in [0.15, 0.2) is 48.0 Å². The van der Waals surface area contributed by atoms with Gasteiger partial charge in [0, 0.05) is 6.07 Å². The fourth-order valence-electron chi connectivity index (χ4n) is 4.09. The molecule has 6 heteroatoms. The highest BCUT2D eigenvalue weighted by molar-refractivity contribution is 6.14. The van der Waals surface area contributed by atoms with Crippen LogP contribution in [0.1, 0.15) is 77.1 Å². The summed E-state index contributed by atoms with van der Waals surface area (Å²) in [5, 5.41) is 23.5. The molecule has 0 atom stereocenters. The van der Waals surface area contributed by atoms with Crippen LogP contribution in [-0.2, 0) is 4.74 Å². The number of hydrogen-bond acceptors (Lipinski definition) is 5. The predicted octanol–water partition coefficient (Wildman–Crippen LogP) is 7.11. The topological polar surface area (TPSA) is 82.0 Å². The first-order chi connectivity index (χ1) is 16.1. The highest BCUT2D eigenvalue weighted by Crippen LogP contribution is 2.41. The van der Waals surface area contributed by atoms with Gasteiger partial charge < -0.3 is 20.3 Å². The second kappa shape index (κ2) is 11.0. The summed E-state index contributed by atoms with van der Waals surface area (Å²) in [6.45, 7) is 10.8. The number of hydrogen-bond donors (Lipinski definition) is 3. The number of carbonyl (C=O) groups is 1. The molecule has 1 heterocycles. The number of benzene rings is 2. The number of fused-ring (bicyclic) bond motifs is 2. The van der Waals surface area contributed by atoms with Gasteiger partial charge in [-0.05, 0) is 76.6 Å². The lowest BCUT2D eigenvalue weighted by Gasteiger charge is -2.30. The summed E-state index contributed by atoms with van der Waals surface area (Å²) in [5.41, 5.74) is 2.75. The molecule has 2 aromatic rings. The molecule has 0 bridgehead atoms. The summed E-state index contributed by atoms with van der Waals surface area (Å²) in [4.78, 5) is 14.9. The van der Waals surface area contributed by atoms with Crippen molar-refractivity contribution in [3.8, 4) is 11.5 Å². The smallest absolute Gasteiger partial charge is 0.262 e. The van der Waals surface area contributed by atoms with E-state index in [1.54, 1.807) is 24.3 Å². The summed E-state index contributed by atoms with van der Waals surface area (Å²) in [5.74, 6) is 0.467. The van der Waals surface area contributed by atoms with Gasteiger partial charge in [0.2, 0.25) is 0 Å². The second-order valence-electron chi connectivity index (χ2n) is 10.2. The lowest BCUT2D eigenvalue weighted by Crippen LogP contribution is -2.37. The molecule has 1 aliphatic heterocycles. The van der Waals surface area contributed by atoms with Crippen LogP contribution >= 0.6 is 0 Å². The molecule has 0 unspecified atom stereocenters. The van der Waals surface area contributed by atoms with Gasteiger partial charge >= 0.3 is 0 Å². The molecule has 3 rings (SSSR count). The minimum Gasteiger partial charge on any atom is -0.508 e. The lowest BCUT2D eigenvalue weighted by atomic mass is 9.99. The van der Waals surface area contributed by atoms with Gasteiger partial charge in [-0.1, -0.05) is 38.0 Å². The third-order valence-electron chi connectivity index (χ3n) is 6.23. The van der Waals surface area contributed by atoms with Gasteiger partial charge in [-0.25, -0.2) is 0 Å². The molecule has 184 valence electrons. The van der Waals surface area contributed by atoms with Crippen molar-refractivity contribution < 1.29 is 19.7 Å². The van der Waals surface area contributed by atoms with Crippen molar-refractivity contribution in [2.24, 2.45) is 5.92 Å². The van der Waals surface area contributed by atoms with Crippen LogP contribution in [0.3, 0.4) is 0 Å². The Kier molecular flexibility index (Phi) is 8.26. The Morgan fingerprint density at radius 2 is 1.97 bits per heavy atom. The Bertz CT molecular complexity index is 1040. The second-order valence-corrected chi connectivity index (χ2v) is 10.2. The molecule has 0 spiro atoms. The maximum atomic E-state index is 13.4. The number of carbonyl (C=O) groups excluding carboxylic acids is 1. The first kappa shape index (κ1) is 25.6. The van der Waals surface area contributed by atoms with Gasteiger partial charge in [-0.3, -0.25) is 9.69 Å². The molecule has 1 amide bonds. The SMILES string of the molecule is C/C(=C\CCC(C)(C)OCN1C(=O)c2cccc(O)c2Nc2ccc(O)cc21)CCCC(C)C. The zero-order chi connectivity index (χ0) is 24.9. The lowest BCUT2D eigenvalue weighted by molar-refractivity contribution is -0.0208. The molecule has 0 saturated carbocycles. The number of phenolic OH excluding ortho intramolecular Hbond substituents is 2. The zero-order valence-corrected chi connectivity index (χ0v) is 21.0. The largest absolute Gasteiger partial charge is 0.508 e. The van der Waals surface area contributed by atoms with E-state index in [9.17, 15) is 15.0 Å². The highest BCUT2D eigenvalue weighted by Gasteiger charge is 2.30. The standard InChI is InChI=1S/C28H38N2O4/c1-19(2)9-6-10-20(3)11-8-16-28(4,5)34-18-30-24-17-21(31)14-15-23(24)29-26-22(27(30)33)12-7-13-25(26)32/h7,11-15,17,19,29,31-32H,6,8-10,16,18H2,1-5H3/b20-11+. The van der Waals surface area contributed by atoms with E-state index in [2.05, 4.69) is 32.2 Å². The Balaban J connectivity index is 1.71. The third-order valence-corrected chi connectivity index (χ3v) is 6.23. The number of nitrogens with zero attached hydrogens (tertiary/aromatic N) is 1. The average Bonchev–Trinajstić information content (AvgIpc) is 2.87. The van der Waals surface area contributed by atoms with Gasteiger partial charge in [-0.15, -0.1) is 0 Å². The van der Waals surface area contributed by atoms with Crippen LogP contribution < -0.4 is 10.2 Å². The summed E-state index contributed by atoms with van der Waals surface area (Å²) in [6.07, 6.45) is 7.61. The number of nitrogens with one attached hydrogen (secondary N) is 1. The van der Waals surface area contributed by atoms with Crippen LogP contribution in [0.25, 0.3) is 0 Å². The van der Waals surface area contributed by atoms with Crippen molar-refractivity contribution in [1.82, 2.24) is 0 Å². The molecule has 0 radical (unpaired) electrons. The van der Waals surface area contributed by atoms with Crippen molar-refractivity contribution in [1.29, 1.82) is 0 Å². The molecule has 6 nitrogen and oxygen atoms in total. The maximum Gasteiger partial charge on any atom is 0.262 e. The monoisotopic (exact) mass is 466 g/mol. The van der Waals surface area contributed by atoms with Crippen LogP contribution in [0, 0.1) is 5.92 Å². The first-order valence-electron chi connectivity index (χ1n) is 12.1. The van der Waals surface area contributed by atoms with Crippen LogP contribution in [0.2, 0.25) is 0 Å². The normalized spacial score (nSPS) is 14.0. The number of phenols is 2. The van der Waals surface area contributed by atoms with Crippen LogP contribution in [-0.4, -0.2) is 28.5 Å². The number of ether oxygens (including phenoxy) is 1. The molecule has 0 saturated heterocycles. The highest BCUT2D eigenvalue weighted by atomic mass is 16.5. The molecule has 2 aromatic carbocycles. The number of anilines is 3. The Morgan fingerprint density at radius 3 is 2.71 bits per heavy atom. The van der Waals surface area contributed by atoms with Gasteiger partial charge in [0.05, 0.1) is 28.2 Å². The van der Waals surface area contributed by atoms with Crippen molar-refractivity contribution in [2.45, 2.75) is 72.3 Å².